The van der Waals surface area contributed by atoms with Crippen LogP contribution in [0.3, 0.4) is 0 Å². The predicted molar refractivity (Wildman–Crippen MR) is 93.0 cm³/mol. The first-order valence-corrected chi connectivity index (χ1v) is 8.88. The highest BCUT2D eigenvalue weighted by Crippen LogP contribution is 2.05. The Labute approximate surface area is 144 Å². The lowest BCUT2D eigenvalue weighted by molar-refractivity contribution is -0.753. The van der Waals surface area contributed by atoms with Crippen molar-refractivity contribution in [2.24, 2.45) is 0 Å². The third-order valence-corrected chi connectivity index (χ3v) is 3.90. The Bertz CT molecular complexity index is 682. The van der Waals surface area contributed by atoms with Crippen LogP contribution in [-0.2, 0) is 20.5 Å². The molecule has 0 aliphatic rings. The number of rotatable bonds is 5. The Morgan fingerprint density at radius 2 is 1.83 bits per heavy atom. The van der Waals surface area contributed by atoms with Gasteiger partial charge in [0, 0.05) is 5.54 Å². The molecule has 1 N–H and O–H groups in total. The Balaban J connectivity index is 0.000000446. The summed E-state index contributed by atoms with van der Waals surface area (Å²) in [5.41, 5.74) is -0.903. The van der Waals surface area contributed by atoms with Crippen molar-refractivity contribution < 1.29 is 22.3 Å². The summed E-state index contributed by atoms with van der Waals surface area (Å²) in [5.74, 6) is -1.15. The molecule has 1 aromatic rings. The summed E-state index contributed by atoms with van der Waals surface area (Å²) in [5, 5.41) is 2.33. The molecule has 0 saturated carbocycles. The molecule has 136 valence electrons. The summed E-state index contributed by atoms with van der Waals surface area (Å²) in [6.45, 7) is 16.3. The van der Waals surface area contributed by atoms with Gasteiger partial charge in [-0.2, -0.15) is 0 Å². The van der Waals surface area contributed by atoms with Gasteiger partial charge in [-0.25, -0.2) is 17.6 Å². The standard InChI is InChI=1S/C9H15N2.C7H13NO4S/c1-5-10-6-7-11(8-10)9(2,3)4;1-4-6(9)8-7(2,3)5-13(10,11)12/h5-8H,1H2,2-4H3;4H,1,5H2,2-3H3,(H,8,9)(H,10,11,12)/q+1;/p-1. The van der Waals surface area contributed by atoms with Crippen molar-refractivity contribution in [3.63, 3.8) is 0 Å². The lowest BCUT2D eigenvalue weighted by atomic mass is 10.1. The van der Waals surface area contributed by atoms with Crippen molar-refractivity contribution in [3.05, 3.63) is 38.0 Å². The van der Waals surface area contributed by atoms with E-state index in [-0.39, 0.29) is 5.54 Å². The van der Waals surface area contributed by atoms with Crippen molar-refractivity contribution in [1.82, 2.24) is 9.88 Å². The average Bonchev–Trinajstić information content (AvgIpc) is 2.84. The minimum Gasteiger partial charge on any atom is -0.748 e. The highest BCUT2D eigenvalue weighted by atomic mass is 32.2. The van der Waals surface area contributed by atoms with Gasteiger partial charge in [0.05, 0.1) is 22.1 Å². The lowest BCUT2D eigenvalue weighted by Crippen LogP contribution is -2.48. The summed E-state index contributed by atoms with van der Waals surface area (Å²) in [6, 6.07) is 0. The molecule has 0 aliphatic heterocycles. The second kappa shape index (κ2) is 8.25. The van der Waals surface area contributed by atoms with Crippen LogP contribution in [0.15, 0.2) is 38.0 Å². The van der Waals surface area contributed by atoms with Crippen molar-refractivity contribution in [2.75, 3.05) is 5.75 Å². The van der Waals surface area contributed by atoms with Gasteiger partial charge in [0.15, 0.2) is 0 Å². The van der Waals surface area contributed by atoms with Crippen molar-refractivity contribution in [3.8, 4) is 0 Å². The fraction of sp³-hybridized carbons (Fsp3) is 0.500. The fourth-order valence-corrected chi connectivity index (χ4v) is 2.69. The van der Waals surface area contributed by atoms with E-state index in [1.165, 1.54) is 13.8 Å². The zero-order chi connectivity index (χ0) is 19.2. The Morgan fingerprint density at radius 3 is 2.12 bits per heavy atom. The number of amides is 1. The highest BCUT2D eigenvalue weighted by Gasteiger charge is 2.22. The van der Waals surface area contributed by atoms with Gasteiger partial charge in [-0.3, -0.25) is 4.79 Å². The van der Waals surface area contributed by atoms with E-state index < -0.39 is 27.3 Å². The predicted octanol–water partition coefficient (Wildman–Crippen LogP) is 1.24. The van der Waals surface area contributed by atoms with Crippen LogP contribution in [0, 0.1) is 0 Å². The largest absolute Gasteiger partial charge is 0.748 e. The second-order valence-corrected chi connectivity index (χ2v) is 8.30. The molecule has 0 saturated heterocycles. The molecule has 1 aromatic heterocycles. The number of carbonyl (C=O) groups is 1. The maximum absolute atomic E-state index is 10.8. The smallest absolute Gasteiger partial charge is 0.248 e. The molecule has 0 fully saturated rings. The third-order valence-electron chi connectivity index (χ3n) is 2.83. The zero-order valence-corrected chi connectivity index (χ0v) is 15.8. The van der Waals surface area contributed by atoms with Crippen LogP contribution in [0.4, 0.5) is 0 Å². The molecule has 1 amide bonds. The molecular formula is C16H27N3O4S. The van der Waals surface area contributed by atoms with Gasteiger partial charge in [0.25, 0.3) is 0 Å². The Kier molecular flexibility index (Phi) is 7.59. The normalized spacial score (nSPS) is 11.9. The molecule has 1 heterocycles. The quantitative estimate of drug-likeness (QED) is 0.487. The van der Waals surface area contributed by atoms with Crippen LogP contribution in [0.5, 0.6) is 0 Å². The number of nitrogens with zero attached hydrogens (tertiary/aromatic N) is 2. The minimum atomic E-state index is -4.33. The SMILES string of the molecule is C=CC(=O)NC(C)(C)CS(=O)(=O)[O-].C=Cn1cc[n+](C(C)(C)C)c1. The summed E-state index contributed by atoms with van der Waals surface area (Å²) < 4.78 is 35.2. The molecule has 0 atom stereocenters. The Hall–Kier alpha value is -1.93. The molecule has 0 spiro atoms. The number of nitrogens with one attached hydrogen (secondary N) is 1. The molecule has 0 aliphatic carbocycles. The van der Waals surface area contributed by atoms with E-state index in [9.17, 15) is 17.8 Å². The molecule has 8 heteroatoms. The van der Waals surface area contributed by atoms with Gasteiger partial charge in [0.2, 0.25) is 12.2 Å². The number of hydrogen-bond acceptors (Lipinski definition) is 4. The van der Waals surface area contributed by atoms with Crippen LogP contribution in [0.1, 0.15) is 34.6 Å². The fourth-order valence-electron chi connectivity index (χ4n) is 1.74. The van der Waals surface area contributed by atoms with Crippen LogP contribution < -0.4 is 9.88 Å². The van der Waals surface area contributed by atoms with E-state index in [4.69, 9.17) is 0 Å². The summed E-state index contributed by atoms with van der Waals surface area (Å²) in [6.07, 6.45) is 8.84. The van der Waals surface area contributed by atoms with Gasteiger partial charge in [-0.1, -0.05) is 13.2 Å². The molecule has 24 heavy (non-hydrogen) atoms. The molecule has 7 nitrogen and oxygen atoms in total. The molecule has 1 rings (SSSR count). The first-order valence-electron chi connectivity index (χ1n) is 7.30. The van der Waals surface area contributed by atoms with E-state index in [0.29, 0.717) is 0 Å². The van der Waals surface area contributed by atoms with Crippen LogP contribution in [0.2, 0.25) is 0 Å². The summed E-state index contributed by atoms with van der Waals surface area (Å²) >= 11 is 0. The van der Waals surface area contributed by atoms with Gasteiger partial charge in [-0.05, 0) is 40.7 Å². The minimum absolute atomic E-state index is 0.161. The van der Waals surface area contributed by atoms with E-state index in [1.54, 1.807) is 6.20 Å². The van der Waals surface area contributed by atoms with E-state index in [0.717, 1.165) is 6.08 Å². The van der Waals surface area contributed by atoms with Gasteiger partial charge in [-0.15, -0.1) is 0 Å². The molecule has 0 bridgehead atoms. The maximum Gasteiger partial charge on any atom is 0.248 e. The summed E-state index contributed by atoms with van der Waals surface area (Å²) in [7, 11) is -4.33. The van der Waals surface area contributed by atoms with Gasteiger partial charge < -0.3 is 9.87 Å². The molecular weight excluding hydrogens is 330 g/mol. The Morgan fingerprint density at radius 1 is 1.29 bits per heavy atom. The van der Waals surface area contributed by atoms with Crippen LogP contribution in [0.25, 0.3) is 6.20 Å². The van der Waals surface area contributed by atoms with E-state index in [1.807, 2.05) is 23.3 Å². The number of carbonyl (C=O) groups excluding carboxylic acids is 1. The van der Waals surface area contributed by atoms with Gasteiger partial charge >= 0.3 is 0 Å². The third kappa shape index (κ3) is 9.26. The number of aromatic nitrogens is 2. The first-order chi connectivity index (χ1) is 10.7. The van der Waals surface area contributed by atoms with E-state index >= 15 is 0 Å². The second-order valence-electron chi connectivity index (χ2n) is 6.90. The van der Waals surface area contributed by atoms with Crippen molar-refractivity contribution in [2.45, 2.75) is 45.7 Å². The molecule has 0 aromatic carbocycles. The maximum atomic E-state index is 10.8. The number of imidazole rings is 1. The van der Waals surface area contributed by atoms with E-state index in [2.05, 4.69) is 43.8 Å². The molecule has 0 unspecified atom stereocenters. The monoisotopic (exact) mass is 357 g/mol. The summed E-state index contributed by atoms with van der Waals surface area (Å²) in [4.78, 5) is 10.8. The van der Waals surface area contributed by atoms with Crippen LogP contribution in [-0.4, -0.2) is 34.7 Å². The topological polar surface area (TPSA) is 95.1 Å². The lowest BCUT2D eigenvalue weighted by Gasteiger charge is -2.26. The zero-order valence-electron chi connectivity index (χ0n) is 14.9. The van der Waals surface area contributed by atoms with Crippen molar-refractivity contribution >= 4 is 22.2 Å². The van der Waals surface area contributed by atoms with Crippen LogP contribution >= 0.6 is 0 Å². The van der Waals surface area contributed by atoms with Gasteiger partial charge in [0.1, 0.15) is 17.9 Å². The molecule has 0 radical (unpaired) electrons. The highest BCUT2D eigenvalue weighted by molar-refractivity contribution is 7.85. The number of hydrogen-bond donors (Lipinski definition) is 1. The van der Waals surface area contributed by atoms with Crippen molar-refractivity contribution in [1.29, 1.82) is 0 Å². The average molecular weight is 357 g/mol. The first kappa shape index (κ1) is 22.1.